The highest BCUT2D eigenvalue weighted by Gasteiger charge is 2.04. The minimum Gasteiger partial charge on any atom is -0.436 e. The standard InChI is InChI=1S/C14H20N4O/c1-4-15-7-12-5-6-14(16-8-12)19-13-9-17-18(10-13)11(2)3/h5-6,8-11,15H,4,7H2,1-3H3. The molecular weight excluding hydrogens is 240 g/mol. The molecule has 0 amide bonds. The highest BCUT2D eigenvalue weighted by Crippen LogP contribution is 2.19. The van der Waals surface area contributed by atoms with Gasteiger partial charge in [0.1, 0.15) is 0 Å². The summed E-state index contributed by atoms with van der Waals surface area (Å²) >= 11 is 0. The fourth-order valence-electron chi connectivity index (χ4n) is 1.62. The van der Waals surface area contributed by atoms with Gasteiger partial charge in [-0.05, 0) is 26.0 Å². The Morgan fingerprint density at radius 2 is 2.16 bits per heavy atom. The molecule has 0 aromatic carbocycles. The smallest absolute Gasteiger partial charge is 0.219 e. The lowest BCUT2D eigenvalue weighted by Crippen LogP contribution is -2.11. The summed E-state index contributed by atoms with van der Waals surface area (Å²) in [5.74, 6) is 1.30. The third-order valence-corrected chi connectivity index (χ3v) is 2.71. The van der Waals surface area contributed by atoms with E-state index in [1.165, 1.54) is 0 Å². The van der Waals surface area contributed by atoms with Crippen molar-refractivity contribution < 1.29 is 4.74 Å². The summed E-state index contributed by atoms with van der Waals surface area (Å²) < 4.78 is 7.51. The topological polar surface area (TPSA) is 52.0 Å². The molecule has 0 spiro atoms. The molecule has 0 aliphatic heterocycles. The van der Waals surface area contributed by atoms with Crippen LogP contribution in [0.3, 0.4) is 0 Å². The van der Waals surface area contributed by atoms with Crippen LogP contribution in [-0.4, -0.2) is 21.3 Å². The minimum atomic E-state index is 0.327. The molecule has 0 saturated heterocycles. The van der Waals surface area contributed by atoms with Crippen molar-refractivity contribution >= 4 is 0 Å². The summed E-state index contributed by atoms with van der Waals surface area (Å²) in [7, 11) is 0. The Morgan fingerprint density at radius 1 is 1.32 bits per heavy atom. The predicted octanol–water partition coefficient (Wildman–Crippen LogP) is 2.76. The molecule has 5 heteroatoms. The number of nitrogens with zero attached hydrogens (tertiary/aromatic N) is 3. The van der Waals surface area contributed by atoms with Gasteiger partial charge in [0.15, 0.2) is 5.75 Å². The normalized spacial score (nSPS) is 10.9. The number of aromatic nitrogens is 3. The Bertz CT molecular complexity index is 504. The van der Waals surface area contributed by atoms with Crippen molar-refractivity contribution in [1.82, 2.24) is 20.1 Å². The zero-order valence-electron chi connectivity index (χ0n) is 11.6. The van der Waals surface area contributed by atoms with Crippen LogP contribution in [0.25, 0.3) is 0 Å². The van der Waals surface area contributed by atoms with E-state index in [1.54, 1.807) is 6.20 Å². The van der Waals surface area contributed by atoms with Crippen molar-refractivity contribution in [2.75, 3.05) is 6.54 Å². The van der Waals surface area contributed by atoms with E-state index in [0.29, 0.717) is 17.7 Å². The van der Waals surface area contributed by atoms with Gasteiger partial charge in [0, 0.05) is 24.8 Å². The maximum absolute atomic E-state index is 5.65. The van der Waals surface area contributed by atoms with Crippen molar-refractivity contribution in [2.24, 2.45) is 0 Å². The first-order chi connectivity index (χ1) is 9.19. The highest BCUT2D eigenvalue weighted by molar-refractivity contribution is 5.24. The van der Waals surface area contributed by atoms with Gasteiger partial charge in [0.05, 0.1) is 12.4 Å². The average molecular weight is 260 g/mol. The van der Waals surface area contributed by atoms with E-state index in [1.807, 2.05) is 29.2 Å². The van der Waals surface area contributed by atoms with Gasteiger partial charge in [-0.1, -0.05) is 13.0 Å². The minimum absolute atomic E-state index is 0.327. The van der Waals surface area contributed by atoms with Gasteiger partial charge in [-0.2, -0.15) is 5.10 Å². The van der Waals surface area contributed by atoms with Crippen LogP contribution in [0.4, 0.5) is 0 Å². The van der Waals surface area contributed by atoms with Gasteiger partial charge < -0.3 is 10.1 Å². The molecule has 2 aromatic rings. The van der Waals surface area contributed by atoms with E-state index in [2.05, 4.69) is 36.2 Å². The number of hydrogen-bond acceptors (Lipinski definition) is 4. The molecule has 0 saturated carbocycles. The number of nitrogens with one attached hydrogen (secondary N) is 1. The third-order valence-electron chi connectivity index (χ3n) is 2.71. The molecule has 102 valence electrons. The monoisotopic (exact) mass is 260 g/mol. The predicted molar refractivity (Wildman–Crippen MR) is 74.3 cm³/mol. The SMILES string of the molecule is CCNCc1ccc(Oc2cnn(C(C)C)c2)nc1. The molecule has 0 aliphatic rings. The van der Waals surface area contributed by atoms with E-state index in [9.17, 15) is 0 Å². The Labute approximate surface area is 113 Å². The number of pyridine rings is 1. The highest BCUT2D eigenvalue weighted by atomic mass is 16.5. The van der Waals surface area contributed by atoms with Gasteiger partial charge in [0.25, 0.3) is 0 Å². The largest absolute Gasteiger partial charge is 0.436 e. The zero-order chi connectivity index (χ0) is 13.7. The first-order valence-electron chi connectivity index (χ1n) is 6.56. The fraction of sp³-hybridized carbons (Fsp3) is 0.429. The summed E-state index contributed by atoms with van der Waals surface area (Å²) in [6.07, 6.45) is 5.40. The summed E-state index contributed by atoms with van der Waals surface area (Å²) in [5.41, 5.74) is 1.15. The Morgan fingerprint density at radius 3 is 2.74 bits per heavy atom. The van der Waals surface area contributed by atoms with Crippen LogP contribution >= 0.6 is 0 Å². The molecule has 0 radical (unpaired) electrons. The molecule has 1 N–H and O–H groups in total. The first-order valence-corrected chi connectivity index (χ1v) is 6.56. The van der Waals surface area contributed by atoms with Crippen LogP contribution < -0.4 is 10.1 Å². The lowest BCUT2D eigenvalue weighted by Gasteiger charge is -2.05. The maximum atomic E-state index is 5.65. The third kappa shape index (κ3) is 3.79. The van der Waals surface area contributed by atoms with E-state index in [0.717, 1.165) is 18.7 Å². The zero-order valence-corrected chi connectivity index (χ0v) is 11.6. The molecular formula is C14H20N4O. The molecule has 0 fully saturated rings. The van der Waals surface area contributed by atoms with Crippen molar-refractivity contribution in [1.29, 1.82) is 0 Å². The molecule has 0 atom stereocenters. The van der Waals surface area contributed by atoms with Gasteiger partial charge in [0.2, 0.25) is 5.88 Å². The first kappa shape index (κ1) is 13.5. The Balaban J connectivity index is 1.98. The van der Waals surface area contributed by atoms with E-state index >= 15 is 0 Å². The number of ether oxygens (including phenoxy) is 1. The fourth-order valence-corrected chi connectivity index (χ4v) is 1.62. The van der Waals surface area contributed by atoms with E-state index in [4.69, 9.17) is 4.74 Å². The maximum Gasteiger partial charge on any atom is 0.219 e. The van der Waals surface area contributed by atoms with Gasteiger partial charge in [-0.3, -0.25) is 4.68 Å². The van der Waals surface area contributed by atoms with Crippen molar-refractivity contribution in [2.45, 2.75) is 33.4 Å². The van der Waals surface area contributed by atoms with Crippen molar-refractivity contribution in [3.05, 3.63) is 36.3 Å². The second-order valence-corrected chi connectivity index (χ2v) is 4.64. The summed E-state index contributed by atoms with van der Waals surface area (Å²) in [6, 6.07) is 4.21. The Hall–Kier alpha value is -1.88. The van der Waals surface area contributed by atoms with Gasteiger partial charge in [-0.15, -0.1) is 0 Å². The van der Waals surface area contributed by atoms with Crippen LogP contribution in [0.2, 0.25) is 0 Å². The number of rotatable bonds is 6. The molecule has 0 unspecified atom stereocenters. The second-order valence-electron chi connectivity index (χ2n) is 4.64. The summed E-state index contributed by atoms with van der Waals surface area (Å²) in [6.45, 7) is 8.01. The summed E-state index contributed by atoms with van der Waals surface area (Å²) in [4.78, 5) is 4.28. The number of hydrogen-bond donors (Lipinski definition) is 1. The molecule has 2 heterocycles. The Kier molecular flexibility index (Phi) is 4.52. The van der Waals surface area contributed by atoms with Crippen molar-refractivity contribution in [3.8, 4) is 11.6 Å². The molecule has 0 aliphatic carbocycles. The quantitative estimate of drug-likeness (QED) is 0.867. The van der Waals surface area contributed by atoms with Gasteiger partial charge in [-0.25, -0.2) is 4.98 Å². The summed E-state index contributed by atoms with van der Waals surface area (Å²) in [5, 5.41) is 7.48. The molecule has 19 heavy (non-hydrogen) atoms. The van der Waals surface area contributed by atoms with Crippen LogP contribution in [0.15, 0.2) is 30.7 Å². The van der Waals surface area contributed by atoms with E-state index in [-0.39, 0.29) is 0 Å². The molecule has 5 nitrogen and oxygen atoms in total. The lowest BCUT2D eigenvalue weighted by molar-refractivity contribution is 0.458. The lowest BCUT2D eigenvalue weighted by atomic mass is 10.3. The molecule has 0 bridgehead atoms. The van der Waals surface area contributed by atoms with Crippen molar-refractivity contribution in [3.63, 3.8) is 0 Å². The van der Waals surface area contributed by atoms with Crippen LogP contribution in [0.5, 0.6) is 11.6 Å². The van der Waals surface area contributed by atoms with E-state index < -0.39 is 0 Å². The molecule has 2 rings (SSSR count). The van der Waals surface area contributed by atoms with Crippen LogP contribution in [0, 0.1) is 0 Å². The second kappa shape index (κ2) is 6.33. The van der Waals surface area contributed by atoms with Crippen LogP contribution in [-0.2, 0) is 6.54 Å². The van der Waals surface area contributed by atoms with Crippen LogP contribution in [0.1, 0.15) is 32.4 Å². The molecule has 2 aromatic heterocycles. The van der Waals surface area contributed by atoms with Gasteiger partial charge >= 0.3 is 0 Å². The average Bonchev–Trinajstić information content (AvgIpc) is 2.87.